The summed E-state index contributed by atoms with van der Waals surface area (Å²) in [4.78, 5) is 4.76. The minimum Gasteiger partial charge on any atom is -0.309 e. The smallest absolute Gasteiger partial charge is 0.309 e. The van der Waals surface area contributed by atoms with Crippen LogP contribution in [0, 0.1) is 5.82 Å². The van der Waals surface area contributed by atoms with Crippen LogP contribution in [0.15, 0.2) is 22.7 Å². The number of quaternary nitrogens is 1. The van der Waals surface area contributed by atoms with Crippen LogP contribution < -0.4 is 9.80 Å². The third-order valence-electron chi connectivity index (χ3n) is 6.47. The molecule has 0 unspecified atom stereocenters. The Kier molecular flexibility index (Phi) is 4.83. The molecule has 4 heterocycles. The molecule has 2 aromatic heterocycles. The van der Waals surface area contributed by atoms with E-state index in [9.17, 15) is 4.39 Å². The van der Waals surface area contributed by atoms with Crippen LogP contribution in [0.1, 0.15) is 44.7 Å². The highest BCUT2D eigenvalue weighted by molar-refractivity contribution is 5.83. The van der Waals surface area contributed by atoms with Gasteiger partial charge in [0.1, 0.15) is 17.9 Å². The molecule has 0 spiro atoms. The normalized spacial score (nSPS) is 21.8. The Morgan fingerprint density at radius 3 is 2.86 bits per heavy atom. The molecule has 2 aliphatic heterocycles. The number of likely N-dealkylation sites (tertiary alicyclic amines) is 1. The van der Waals surface area contributed by atoms with Gasteiger partial charge in [-0.1, -0.05) is 19.1 Å². The molecule has 8 heteroatoms. The Morgan fingerprint density at radius 1 is 1.24 bits per heavy atom. The van der Waals surface area contributed by atoms with E-state index in [2.05, 4.69) is 15.6 Å². The molecule has 7 nitrogen and oxygen atoms in total. The van der Waals surface area contributed by atoms with E-state index in [1.54, 1.807) is 6.07 Å². The Bertz CT molecular complexity index is 1000. The Labute approximate surface area is 169 Å². The fourth-order valence-corrected chi connectivity index (χ4v) is 4.98. The maximum Gasteiger partial charge on any atom is 0.429 e. The van der Waals surface area contributed by atoms with E-state index in [-0.39, 0.29) is 5.82 Å². The largest absolute Gasteiger partial charge is 0.429 e. The van der Waals surface area contributed by atoms with Crippen molar-refractivity contribution in [2.45, 2.75) is 51.5 Å². The van der Waals surface area contributed by atoms with Crippen molar-refractivity contribution in [2.75, 3.05) is 26.2 Å². The maximum absolute atomic E-state index is 14.6. The van der Waals surface area contributed by atoms with Crippen LogP contribution >= 0.6 is 0 Å². The van der Waals surface area contributed by atoms with Crippen molar-refractivity contribution < 1.29 is 8.91 Å². The molecule has 0 aliphatic carbocycles. The lowest BCUT2D eigenvalue weighted by atomic mass is 10.1. The fourth-order valence-electron chi connectivity index (χ4n) is 4.98. The number of aryl methyl sites for hydroxylation is 1. The van der Waals surface area contributed by atoms with Crippen molar-refractivity contribution >= 4 is 16.9 Å². The number of hydrogen-bond acceptors (Lipinski definition) is 5. The lowest BCUT2D eigenvalue weighted by Crippen LogP contribution is -2.58. The van der Waals surface area contributed by atoms with Crippen molar-refractivity contribution in [3.63, 3.8) is 0 Å². The highest BCUT2D eigenvalue weighted by Gasteiger charge is 2.41. The van der Waals surface area contributed by atoms with Crippen LogP contribution in [0.25, 0.3) is 16.9 Å². The van der Waals surface area contributed by atoms with Crippen molar-refractivity contribution in [3.05, 3.63) is 29.7 Å². The zero-order chi connectivity index (χ0) is 19.8. The first kappa shape index (κ1) is 18.7. The number of nitrogens with zero attached hydrogens (tertiary/aromatic N) is 5. The van der Waals surface area contributed by atoms with E-state index in [1.807, 2.05) is 13.0 Å². The number of halogens is 1. The minimum atomic E-state index is -0.321. The van der Waals surface area contributed by atoms with Gasteiger partial charge >= 0.3 is 6.01 Å². The lowest BCUT2D eigenvalue weighted by Gasteiger charge is -2.38. The molecule has 29 heavy (non-hydrogen) atoms. The summed E-state index contributed by atoms with van der Waals surface area (Å²) in [6, 6.07) is 6.18. The van der Waals surface area contributed by atoms with Crippen molar-refractivity contribution in [3.8, 4) is 5.95 Å². The van der Waals surface area contributed by atoms with Gasteiger partial charge in [0.2, 0.25) is 0 Å². The molecule has 1 N–H and O–H groups in total. The van der Waals surface area contributed by atoms with E-state index in [1.165, 1.54) is 30.0 Å². The monoisotopic (exact) mass is 399 g/mol. The predicted molar refractivity (Wildman–Crippen MR) is 110 cm³/mol. The molecular formula is C21H28FN6O+. The average molecular weight is 399 g/mol. The number of aromatic nitrogens is 4. The van der Waals surface area contributed by atoms with Gasteiger partial charge in [0.15, 0.2) is 0 Å². The molecule has 0 bridgehead atoms. The van der Waals surface area contributed by atoms with Gasteiger partial charge in [-0.15, -0.1) is 4.98 Å². The molecule has 5 rings (SSSR count). The lowest BCUT2D eigenvalue weighted by molar-refractivity contribution is 0.164. The molecule has 154 valence electrons. The second-order valence-electron chi connectivity index (χ2n) is 8.35. The summed E-state index contributed by atoms with van der Waals surface area (Å²) in [5, 5.41) is 13.2. The molecule has 0 saturated carbocycles. The quantitative estimate of drug-likeness (QED) is 0.667. The van der Waals surface area contributed by atoms with Gasteiger partial charge in [0.05, 0.1) is 24.8 Å². The predicted octanol–water partition coefficient (Wildman–Crippen LogP) is 3.35. The van der Waals surface area contributed by atoms with E-state index in [0.29, 0.717) is 34.4 Å². The number of para-hydroxylation sites is 1. The van der Waals surface area contributed by atoms with Gasteiger partial charge in [-0.25, -0.2) is 8.87 Å². The van der Waals surface area contributed by atoms with Crippen LogP contribution in [0.4, 0.5) is 10.4 Å². The molecule has 1 atom stereocenters. The second-order valence-corrected chi connectivity index (χ2v) is 8.35. The molecular weight excluding hydrogens is 371 g/mol. The summed E-state index contributed by atoms with van der Waals surface area (Å²) < 4.78 is 22.7. The Balaban J connectivity index is 1.55. The van der Waals surface area contributed by atoms with Gasteiger partial charge in [-0.3, -0.25) is 4.52 Å². The average Bonchev–Trinajstić information content (AvgIpc) is 3.48. The standard InChI is InChI=1S/C21H28FN6O/c1-2-18-16-9-6-10-17(22)19(16)27(25-18)20-24-21(29-26-20)28(12-4-3-5-13-28)14-15-8-7-11-23-15/h6,9-10,15,23H,2-5,7-8,11-14H2,1H3/q+1/t15-/m1/s1. The Hall–Kier alpha value is -2.32. The first-order chi connectivity index (χ1) is 14.2. The first-order valence-electron chi connectivity index (χ1n) is 10.8. The summed E-state index contributed by atoms with van der Waals surface area (Å²) >= 11 is 0. The molecule has 0 radical (unpaired) electrons. The number of benzene rings is 1. The highest BCUT2D eigenvalue weighted by atomic mass is 19.1. The molecule has 3 aromatic rings. The summed E-state index contributed by atoms with van der Waals surface area (Å²) in [5.74, 6) is -0.00432. The van der Waals surface area contributed by atoms with E-state index in [0.717, 1.165) is 50.1 Å². The molecule has 0 amide bonds. The second kappa shape index (κ2) is 7.50. The van der Waals surface area contributed by atoms with Crippen LogP contribution in [0.2, 0.25) is 0 Å². The number of rotatable bonds is 5. The fraction of sp³-hybridized carbons (Fsp3) is 0.571. The van der Waals surface area contributed by atoms with Crippen molar-refractivity contribution in [1.82, 2.24) is 29.7 Å². The van der Waals surface area contributed by atoms with Gasteiger partial charge < -0.3 is 5.32 Å². The van der Waals surface area contributed by atoms with Crippen molar-refractivity contribution in [2.24, 2.45) is 0 Å². The van der Waals surface area contributed by atoms with E-state index >= 15 is 0 Å². The van der Waals surface area contributed by atoms with Crippen LogP contribution in [-0.4, -0.2) is 52.1 Å². The maximum atomic E-state index is 14.6. The van der Waals surface area contributed by atoms with E-state index < -0.39 is 0 Å². The SMILES string of the molecule is CCc1nn(-c2noc([N+]3(C[C@H]4CCCN4)CCCCC3)n2)c2c(F)cccc12. The summed E-state index contributed by atoms with van der Waals surface area (Å²) in [5.41, 5.74) is 1.25. The van der Waals surface area contributed by atoms with Crippen molar-refractivity contribution in [1.29, 1.82) is 0 Å². The number of hydrogen-bond donors (Lipinski definition) is 1. The van der Waals surface area contributed by atoms with Crippen LogP contribution in [0.5, 0.6) is 0 Å². The summed E-state index contributed by atoms with van der Waals surface area (Å²) in [6.07, 6.45) is 6.68. The van der Waals surface area contributed by atoms with Gasteiger partial charge in [-0.05, 0) is 56.3 Å². The number of nitrogens with one attached hydrogen (secondary N) is 1. The third kappa shape index (κ3) is 3.24. The summed E-state index contributed by atoms with van der Waals surface area (Å²) in [7, 11) is 0. The topological polar surface area (TPSA) is 68.8 Å². The molecule has 2 aliphatic rings. The molecule has 2 saturated heterocycles. The summed E-state index contributed by atoms with van der Waals surface area (Å²) in [6.45, 7) is 6.08. The highest BCUT2D eigenvalue weighted by Crippen LogP contribution is 2.31. The van der Waals surface area contributed by atoms with Crippen LogP contribution in [0.3, 0.4) is 0 Å². The van der Waals surface area contributed by atoms with E-state index in [4.69, 9.17) is 9.51 Å². The minimum absolute atomic E-state index is 0.317. The van der Waals surface area contributed by atoms with Gasteiger partial charge in [0.25, 0.3) is 5.95 Å². The molecule has 2 fully saturated rings. The van der Waals surface area contributed by atoms with Gasteiger partial charge in [-0.2, -0.15) is 9.78 Å². The number of fused-ring (bicyclic) bond motifs is 1. The zero-order valence-electron chi connectivity index (χ0n) is 16.9. The molecule has 1 aromatic carbocycles. The van der Waals surface area contributed by atoms with Crippen LogP contribution in [-0.2, 0) is 6.42 Å². The van der Waals surface area contributed by atoms with Gasteiger partial charge in [0, 0.05) is 5.39 Å². The number of piperidine rings is 1. The third-order valence-corrected chi connectivity index (χ3v) is 6.47. The zero-order valence-corrected chi connectivity index (χ0v) is 16.9. The Morgan fingerprint density at radius 2 is 2.10 bits per heavy atom. The first-order valence-corrected chi connectivity index (χ1v) is 10.8.